The second-order valence-electron chi connectivity index (χ2n) is 5.15. The summed E-state index contributed by atoms with van der Waals surface area (Å²) in [5.74, 6) is 0.934. The van der Waals surface area contributed by atoms with E-state index in [0.29, 0.717) is 0 Å². The van der Waals surface area contributed by atoms with E-state index in [1.54, 1.807) is 11.3 Å². The molecule has 0 unspecified atom stereocenters. The first-order valence-corrected chi connectivity index (χ1v) is 7.44. The third-order valence-corrected chi connectivity index (χ3v) is 4.69. The van der Waals surface area contributed by atoms with Gasteiger partial charge < -0.3 is 11.1 Å². The van der Waals surface area contributed by atoms with Gasteiger partial charge in [-0.25, -0.2) is 4.98 Å². The molecule has 2 aromatic rings. The average molecular weight is 261 g/mol. The van der Waals surface area contributed by atoms with Crippen molar-refractivity contribution in [3.8, 4) is 0 Å². The van der Waals surface area contributed by atoms with E-state index in [2.05, 4.69) is 16.4 Å². The van der Waals surface area contributed by atoms with Crippen LogP contribution in [0.15, 0.2) is 12.1 Å². The van der Waals surface area contributed by atoms with Gasteiger partial charge in [-0.1, -0.05) is 19.3 Å². The van der Waals surface area contributed by atoms with Gasteiger partial charge in [-0.15, -0.1) is 11.3 Å². The predicted molar refractivity (Wildman–Crippen MR) is 79.2 cm³/mol. The van der Waals surface area contributed by atoms with Crippen LogP contribution in [-0.2, 0) is 0 Å². The molecule has 1 aromatic heterocycles. The molecule has 3 N–H and O–H groups in total. The second kappa shape index (κ2) is 4.76. The molecule has 0 spiro atoms. The molecule has 1 aliphatic rings. The minimum atomic E-state index is 0.833. The number of fused-ring (bicyclic) bond motifs is 1. The molecule has 3 nitrogen and oxygen atoms in total. The summed E-state index contributed by atoms with van der Waals surface area (Å²) in [4.78, 5) is 4.51. The Labute approximate surface area is 111 Å². The van der Waals surface area contributed by atoms with Gasteiger partial charge in [0.1, 0.15) is 0 Å². The fraction of sp³-hybridized carbons (Fsp3) is 0.500. The van der Waals surface area contributed by atoms with E-state index in [-0.39, 0.29) is 0 Å². The van der Waals surface area contributed by atoms with Crippen LogP contribution >= 0.6 is 11.3 Å². The van der Waals surface area contributed by atoms with E-state index in [9.17, 15) is 0 Å². The van der Waals surface area contributed by atoms with Crippen LogP contribution in [0.2, 0.25) is 0 Å². The van der Waals surface area contributed by atoms with Crippen molar-refractivity contribution in [2.24, 2.45) is 5.92 Å². The van der Waals surface area contributed by atoms with Gasteiger partial charge in [-0.2, -0.15) is 0 Å². The fourth-order valence-electron chi connectivity index (χ4n) is 2.45. The molecule has 1 heterocycles. The van der Waals surface area contributed by atoms with Crippen LogP contribution in [0.4, 0.5) is 11.4 Å². The number of hydrogen-bond donors (Lipinski definition) is 2. The van der Waals surface area contributed by atoms with Crippen molar-refractivity contribution >= 4 is 32.9 Å². The second-order valence-corrected chi connectivity index (χ2v) is 6.39. The number of aromatic nitrogens is 1. The number of thiazole rings is 1. The molecule has 0 atom stereocenters. The molecule has 4 heteroatoms. The largest absolute Gasteiger partial charge is 0.397 e. The number of nitrogens with zero attached hydrogens (tertiary/aromatic N) is 1. The number of nitrogens with two attached hydrogens (primary N) is 1. The maximum atomic E-state index is 6.08. The van der Waals surface area contributed by atoms with Crippen molar-refractivity contribution in [3.63, 3.8) is 0 Å². The summed E-state index contributed by atoms with van der Waals surface area (Å²) in [5, 5.41) is 4.55. The topological polar surface area (TPSA) is 50.9 Å². The lowest BCUT2D eigenvalue weighted by molar-refractivity contribution is 0.303. The highest BCUT2D eigenvalue weighted by atomic mass is 32.1. The molecule has 96 valence electrons. The maximum Gasteiger partial charge on any atom is 0.0907 e. The van der Waals surface area contributed by atoms with Crippen molar-refractivity contribution in [2.75, 3.05) is 17.6 Å². The lowest BCUT2D eigenvalue weighted by Gasteiger charge is -2.25. The van der Waals surface area contributed by atoms with E-state index in [0.717, 1.165) is 34.4 Å². The molecule has 18 heavy (non-hydrogen) atoms. The van der Waals surface area contributed by atoms with Crippen molar-refractivity contribution in [1.29, 1.82) is 0 Å². The minimum absolute atomic E-state index is 0.833. The highest BCUT2D eigenvalue weighted by molar-refractivity contribution is 7.18. The Morgan fingerprint density at radius 1 is 1.44 bits per heavy atom. The Kier molecular flexibility index (Phi) is 3.12. The summed E-state index contributed by atoms with van der Waals surface area (Å²) in [7, 11) is 0. The normalized spacial score (nSPS) is 15.8. The average Bonchev–Trinajstić information content (AvgIpc) is 2.61. The van der Waals surface area contributed by atoms with Crippen LogP contribution in [0, 0.1) is 12.8 Å². The van der Waals surface area contributed by atoms with Crippen molar-refractivity contribution in [2.45, 2.75) is 32.6 Å². The van der Waals surface area contributed by atoms with Crippen molar-refractivity contribution in [3.05, 3.63) is 17.1 Å². The summed E-state index contributed by atoms with van der Waals surface area (Å²) < 4.78 is 1.18. The summed E-state index contributed by atoms with van der Waals surface area (Å²) in [6.07, 6.45) is 5.48. The van der Waals surface area contributed by atoms with Crippen molar-refractivity contribution < 1.29 is 0 Å². The molecular formula is C14H19N3S. The molecule has 3 rings (SSSR count). The summed E-state index contributed by atoms with van der Waals surface area (Å²) in [5.41, 5.74) is 9.00. The summed E-state index contributed by atoms with van der Waals surface area (Å²) in [6.45, 7) is 3.05. The zero-order valence-electron chi connectivity index (χ0n) is 10.7. The Morgan fingerprint density at radius 2 is 2.28 bits per heavy atom. The van der Waals surface area contributed by atoms with Gasteiger partial charge in [0, 0.05) is 6.54 Å². The van der Waals surface area contributed by atoms with Gasteiger partial charge in [0.05, 0.1) is 26.6 Å². The van der Waals surface area contributed by atoms with Gasteiger partial charge in [-0.05, 0) is 31.4 Å². The predicted octanol–water partition coefficient (Wildman–Crippen LogP) is 3.79. The SMILES string of the molecule is Cc1nc2cc(NCCC3CCC3)c(N)cc2s1. The van der Waals surface area contributed by atoms with Crippen LogP contribution in [0.1, 0.15) is 30.7 Å². The summed E-state index contributed by atoms with van der Waals surface area (Å²) in [6, 6.07) is 4.11. The Morgan fingerprint density at radius 3 is 3.00 bits per heavy atom. The fourth-order valence-corrected chi connectivity index (χ4v) is 3.31. The Hall–Kier alpha value is -1.29. The summed E-state index contributed by atoms with van der Waals surface area (Å²) >= 11 is 1.70. The van der Waals surface area contributed by atoms with Crippen LogP contribution in [0.3, 0.4) is 0 Å². The molecular weight excluding hydrogens is 242 g/mol. The Balaban J connectivity index is 1.71. The maximum absolute atomic E-state index is 6.08. The van der Waals surface area contributed by atoms with E-state index in [1.165, 1.54) is 30.4 Å². The number of nitrogen functional groups attached to an aromatic ring is 1. The number of rotatable bonds is 4. The number of hydrogen-bond acceptors (Lipinski definition) is 4. The first kappa shape index (κ1) is 11.8. The molecule has 0 aliphatic heterocycles. The van der Waals surface area contributed by atoms with Gasteiger partial charge in [0.25, 0.3) is 0 Å². The third kappa shape index (κ3) is 2.29. The van der Waals surface area contributed by atoms with E-state index < -0.39 is 0 Å². The molecule has 1 aromatic carbocycles. The lowest BCUT2D eigenvalue weighted by atomic mass is 9.83. The number of benzene rings is 1. The molecule has 0 saturated heterocycles. The van der Waals surface area contributed by atoms with E-state index >= 15 is 0 Å². The molecule has 0 amide bonds. The zero-order valence-corrected chi connectivity index (χ0v) is 11.5. The van der Waals surface area contributed by atoms with Crippen LogP contribution in [0.5, 0.6) is 0 Å². The first-order chi connectivity index (χ1) is 8.72. The van der Waals surface area contributed by atoms with Crippen LogP contribution in [0.25, 0.3) is 10.2 Å². The smallest absolute Gasteiger partial charge is 0.0907 e. The van der Waals surface area contributed by atoms with E-state index in [4.69, 9.17) is 5.73 Å². The highest BCUT2D eigenvalue weighted by Gasteiger charge is 2.16. The first-order valence-electron chi connectivity index (χ1n) is 6.63. The standard InChI is InChI=1S/C14H19N3S/c1-9-17-13-8-12(11(15)7-14(13)18-9)16-6-5-10-3-2-4-10/h7-8,10,16H,2-6,15H2,1H3. The lowest BCUT2D eigenvalue weighted by Crippen LogP contribution is -2.16. The monoisotopic (exact) mass is 261 g/mol. The molecule has 0 bridgehead atoms. The highest BCUT2D eigenvalue weighted by Crippen LogP contribution is 2.31. The number of anilines is 2. The molecule has 1 aliphatic carbocycles. The van der Waals surface area contributed by atoms with Crippen molar-refractivity contribution in [1.82, 2.24) is 4.98 Å². The molecule has 0 radical (unpaired) electrons. The van der Waals surface area contributed by atoms with Crippen LogP contribution < -0.4 is 11.1 Å². The quantitative estimate of drug-likeness (QED) is 0.823. The number of aryl methyl sites for hydroxylation is 1. The molecule has 1 fully saturated rings. The third-order valence-electron chi connectivity index (χ3n) is 3.76. The number of nitrogens with one attached hydrogen (secondary N) is 1. The van der Waals surface area contributed by atoms with Gasteiger partial charge in [0.2, 0.25) is 0 Å². The van der Waals surface area contributed by atoms with Gasteiger partial charge in [0.15, 0.2) is 0 Å². The molecule has 1 saturated carbocycles. The van der Waals surface area contributed by atoms with Gasteiger partial charge >= 0.3 is 0 Å². The minimum Gasteiger partial charge on any atom is -0.397 e. The zero-order chi connectivity index (χ0) is 12.5. The Bertz CT molecular complexity index is 557. The van der Waals surface area contributed by atoms with Crippen LogP contribution in [-0.4, -0.2) is 11.5 Å². The van der Waals surface area contributed by atoms with Gasteiger partial charge in [-0.3, -0.25) is 0 Å². The van der Waals surface area contributed by atoms with E-state index in [1.807, 2.05) is 13.0 Å².